The molecule has 0 amide bonds. The number of hydrogen-bond acceptors (Lipinski definition) is 2. The molecule has 1 aromatic heterocycles. The molecule has 0 spiro atoms. The minimum Gasteiger partial charge on any atom is -0.399 e. The van der Waals surface area contributed by atoms with Crippen LogP contribution in [0.4, 0.5) is 18.9 Å². The summed E-state index contributed by atoms with van der Waals surface area (Å²) < 4.78 is 37.8. The van der Waals surface area contributed by atoms with Crippen molar-refractivity contribution in [3.63, 3.8) is 0 Å². The number of H-pyrrole nitrogens is 1. The summed E-state index contributed by atoms with van der Waals surface area (Å²) in [6.07, 6.45) is -4.42. The van der Waals surface area contributed by atoms with Crippen molar-refractivity contribution in [1.29, 1.82) is 0 Å². The van der Waals surface area contributed by atoms with Crippen molar-refractivity contribution in [2.75, 3.05) is 5.73 Å². The van der Waals surface area contributed by atoms with Gasteiger partial charge in [0, 0.05) is 5.69 Å². The van der Waals surface area contributed by atoms with Gasteiger partial charge < -0.3 is 10.7 Å². The lowest BCUT2D eigenvalue weighted by Crippen LogP contribution is -2.06. The topological polar surface area (TPSA) is 54.7 Å². The maximum Gasteiger partial charge on any atom is 0.418 e. The maximum absolute atomic E-state index is 12.6. The third-order valence-corrected chi connectivity index (χ3v) is 2.04. The zero-order valence-electron chi connectivity index (χ0n) is 7.81. The van der Waals surface area contributed by atoms with E-state index in [1.807, 2.05) is 0 Å². The van der Waals surface area contributed by atoms with Gasteiger partial charge in [-0.2, -0.15) is 13.2 Å². The minimum absolute atomic E-state index is 0.0193. The van der Waals surface area contributed by atoms with Gasteiger partial charge in [0.2, 0.25) is 0 Å². The zero-order valence-corrected chi connectivity index (χ0v) is 7.81. The Morgan fingerprint density at radius 2 is 2.00 bits per heavy atom. The molecule has 0 aliphatic heterocycles. The first-order chi connectivity index (χ1) is 6.88. The largest absolute Gasteiger partial charge is 0.418 e. The molecule has 2 aromatic rings. The van der Waals surface area contributed by atoms with Crippen LogP contribution in [-0.4, -0.2) is 9.97 Å². The molecule has 1 aromatic carbocycles. The highest BCUT2D eigenvalue weighted by Gasteiger charge is 2.33. The van der Waals surface area contributed by atoms with Crippen LogP contribution in [0, 0.1) is 6.92 Å². The van der Waals surface area contributed by atoms with Crippen LogP contribution in [0.3, 0.4) is 0 Å². The van der Waals surface area contributed by atoms with E-state index < -0.39 is 11.7 Å². The lowest BCUT2D eigenvalue weighted by atomic mass is 10.1. The van der Waals surface area contributed by atoms with Gasteiger partial charge in [0.15, 0.2) is 0 Å². The number of aromatic amines is 1. The Kier molecular flexibility index (Phi) is 1.89. The molecule has 2 rings (SSSR count). The molecule has 0 atom stereocenters. The fraction of sp³-hybridized carbons (Fsp3) is 0.222. The van der Waals surface area contributed by atoms with Crippen LogP contribution in [0.15, 0.2) is 12.1 Å². The second-order valence-electron chi connectivity index (χ2n) is 3.28. The number of halogens is 3. The number of nitrogens with one attached hydrogen (secondary N) is 1. The minimum atomic E-state index is -4.42. The Balaban J connectivity index is 2.82. The smallest absolute Gasteiger partial charge is 0.399 e. The number of nitrogen functional groups attached to an aromatic ring is 1. The van der Waals surface area contributed by atoms with Crippen LogP contribution in [-0.2, 0) is 6.18 Å². The van der Waals surface area contributed by atoms with E-state index in [4.69, 9.17) is 5.73 Å². The van der Waals surface area contributed by atoms with Crippen LogP contribution in [0.5, 0.6) is 0 Å². The van der Waals surface area contributed by atoms with Gasteiger partial charge in [0.25, 0.3) is 0 Å². The maximum atomic E-state index is 12.6. The number of alkyl halides is 3. The van der Waals surface area contributed by atoms with Crippen LogP contribution in [0.1, 0.15) is 11.4 Å². The molecule has 0 bridgehead atoms. The highest BCUT2D eigenvalue weighted by molar-refractivity contribution is 5.83. The number of aryl methyl sites for hydroxylation is 1. The standard InChI is InChI=1S/C9H8F3N3/c1-4-14-7-3-5(13)2-6(8(7)15-4)9(10,11)12/h2-3H,13H2,1H3,(H,14,15). The van der Waals surface area contributed by atoms with E-state index in [1.165, 1.54) is 6.07 Å². The van der Waals surface area contributed by atoms with E-state index in [9.17, 15) is 13.2 Å². The average molecular weight is 215 g/mol. The number of hydrogen-bond donors (Lipinski definition) is 2. The lowest BCUT2D eigenvalue weighted by molar-refractivity contribution is -0.136. The van der Waals surface area contributed by atoms with Crippen molar-refractivity contribution in [3.05, 3.63) is 23.5 Å². The van der Waals surface area contributed by atoms with Gasteiger partial charge in [0.05, 0.1) is 16.6 Å². The molecular formula is C9H8F3N3. The normalized spacial score (nSPS) is 12.3. The summed E-state index contributed by atoms with van der Waals surface area (Å²) in [5.74, 6) is 0.432. The Labute approximate surface area is 83.1 Å². The van der Waals surface area contributed by atoms with Crippen LogP contribution < -0.4 is 5.73 Å². The fourth-order valence-electron chi connectivity index (χ4n) is 1.48. The first kappa shape index (κ1) is 9.82. The van der Waals surface area contributed by atoms with Crippen LogP contribution in [0.25, 0.3) is 11.0 Å². The van der Waals surface area contributed by atoms with Crippen molar-refractivity contribution in [2.45, 2.75) is 13.1 Å². The highest BCUT2D eigenvalue weighted by Crippen LogP contribution is 2.35. The van der Waals surface area contributed by atoms with Gasteiger partial charge in [-0.25, -0.2) is 4.98 Å². The fourth-order valence-corrected chi connectivity index (χ4v) is 1.48. The molecule has 0 aliphatic rings. The molecule has 15 heavy (non-hydrogen) atoms. The molecular weight excluding hydrogens is 207 g/mol. The first-order valence-corrected chi connectivity index (χ1v) is 4.21. The Bertz CT molecular complexity index is 513. The molecule has 0 aliphatic carbocycles. The first-order valence-electron chi connectivity index (χ1n) is 4.21. The zero-order chi connectivity index (χ0) is 11.2. The van der Waals surface area contributed by atoms with E-state index in [0.29, 0.717) is 5.82 Å². The van der Waals surface area contributed by atoms with Crippen LogP contribution in [0.2, 0.25) is 0 Å². The molecule has 0 unspecified atom stereocenters. The number of benzene rings is 1. The summed E-state index contributed by atoms with van der Waals surface area (Å²) >= 11 is 0. The number of fused-ring (bicyclic) bond motifs is 1. The summed E-state index contributed by atoms with van der Waals surface area (Å²) in [6, 6.07) is 2.31. The van der Waals surface area contributed by atoms with Gasteiger partial charge in [-0.3, -0.25) is 0 Å². The Hall–Kier alpha value is -1.72. The van der Waals surface area contributed by atoms with E-state index in [-0.39, 0.29) is 16.7 Å². The van der Waals surface area contributed by atoms with Crippen molar-refractivity contribution >= 4 is 16.7 Å². The van der Waals surface area contributed by atoms with Gasteiger partial charge in [0.1, 0.15) is 5.82 Å². The molecule has 6 heteroatoms. The van der Waals surface area contributed by atoms with Crippen molar-refractivity contribution in [1.82, 2.24) is 9.97 Å². The third kappa shape index (κ3) is 1.62. The summed E-state index contributed by atoms with van der Waals surface area (Å²) in [6.45, 7) is 1.59. The SMILES string of the molecule is Cc1nc2cc(N)cc(C(F)(F)F)c2[nH]1. The molecule has 0 saturated heterocycles. The predicted octanol–water partition coefficient (Wildman–Crippen LogP) is 2.47. The van der Waals surface area contributed by atoms with E-state index in [2.05, 4.69) is 9.97 Å². The molecule has 80 valence electrons. The Morgan fingerprint density at radius 1 is 1.33 bits per heavy atom. The molecule has 0 radical (unpaired) electrons. The molecule has 1 heterocycles. The monoisotopic (exact) mass is 215 g/mol. The van der Waals surface area contributed by atoms with Gasteiger partial charge in [-0.15, -0.1) is 0 Å². The quantitative estimate of drug-likeness (QED) is 0.663. The molecule has 3 nitrogen and oxygen atoms in total. The van der Waals surface area contributed by atoms with Crippen molar-refractivity contribution < 1.29 is 13.2 Å². The summed E-state index contributed by atoms with van der Waals surface area (Å²) in [7, 11) is 0. The van der Waals surface area contributed by atoms with Gasteiger partial charge >= 0.3 is 6.18 Å². The number of nitrogens with two attached hydrogens (primary N) is 1. The number of anilines is 1. The number of aromatic nitrogens is 2. The van der Waals surface area contributed by atoms with E-state index >= 15 is 0 Å². The van der Waals surface area contributed by atoms with Gasteiger partial charge in [-0.05, 0) is 19.1 Å². The average Bonchev–Trinajstić information content (AvgIpc) is 2.41. The second kappa shape index (κ2) is 2.88. The number of imidazole rings is 1. The van der Waals surface area contributed by atoms with Crippen molar-refractivity contribution in [3.8, 4) is 0 Å². The molecule has 0 saturated carbocycles. The highest BCUT2D eigenvalue weighted by atomic mass is 19.4. The molecule has 0 fully saturated rings. The van der Waals surface area contributed by atoms with Crippen LogP contribution >= 0.6 is 0 Å². The second-order valence-corrected chi connectivity index (χ2v) is 3.28. The van der Waals surface area contributed by atoms with E-state index in [1.54, 1.807) is 6.92 Å². The number of nitrogens with zero attached hydrogens (tertiary/aromatic N) is 1. The summed E-state index contributed by atoms with van der Waals surface area (Å²) in [5, 5.41) is 0. The van der Waals surface area contributed by atoms with E-state index in [0.717, 1.165) is 6.07 Å². The number of rotatable bonds is 0. The summed E-state index contributed by atoms with van der Waals surface area (Å²) in [5.41, 5.74) is 4.87. The molecule has 3 N–H and O–H groups in total. The summed E-state index contributed by atoms with van der Waals surface area (Å²) in [4.78, 5) is 6.49. The van der Waals surface area contributed by atoms with Gasteiger partial charge in [-0.1, -0.05) is 0 Å². The predicted molar refractivity (Wildman–Crippen MR) is 50.2 cm³/mol. The third-order valence-electron chi connectivity index (χ3n) is 2.04. The Morgan fingerprint density at radius 3 is 2.60 bits per heavy atom. The lowest BCUT2D eigenvalue weighted by Gasteiger charge is -2.08. The van der Waals surface area contributed by atoms with Crippen molar-refractivity contribution in [2.24, 2.45) is 0 Å².